The summed E-state index contributed by atoms with van der Waals surface area (Å²) in [5.41, 5.74) is 0.790. The number of aromatic nitrogens is 4. The molecule has 1 fully saturated rings. The number of hydrogen-bond donors (Lipinski definition) is 5. The Kier molecular flexibility index (Phi) is 9.55. The van der Waals surface area contributed by atoms with Gasteiger partial charge in [0.1, 0.15) is 17.1 Å². The van der Waals surface area contributed by atoms with Crippen molar-refractivity contribution in [3.63, 3.8) is 0 Å². The highest BCUT2D eigenvalue weighted by molar-refractivity contribution is 8.01. The first kappa shape index (κ1) is 28.5. The molecule has 0 radical (unpaired) electrons. The Balaban J connectivity index is 1.34. The van der Waals surface area contributed by atoms with E-state index in [0.717, 1.165) is 0 Å². The van der Waals surface area contributed by atoms with Crippen molar-refractivity contribution >= 4 is 47.3 Å². The van der Waals surface area contributed by atoms with Gasteiger partial charge in [0.25, 0.3) is 11.8 Å². The Hall–Kier alpha value is -3.47. The number of aliphatic carboxylic acids is 2. The number of carbonyl (C=O) groups excluding carboxylic acids is 2. The minimum Gasteiger partial charge on any atom is -0.481 e. The lowest BCUT2D eigenvalue weighted by atomic mass is 10.0. The Labute approximate surface area is 231 Å². The molecule has 1 aromatic carbocycles. The van der Waals surface area contributed by atoms with E-state index in [9.17, 15) is 29.4 Å². The van der Waals surface area contributed by atoms with Crippen molar-refractivity contribution in [3.05, 3.63) is 47.2 Å². The van der Waals surface area contributed by atoms with Gasteiger partial charge >= 0.3 is 11.9 Å². The Morgan fingerprint density at radius 2 is 1.95 bits per heavy atom. The van der Waals surface area contributed by atoms with Gasteiger partial charge in [0.15, 0.2) is 6.10 Å². The van der Waals surface area contributed by atoms with E-state index < -0.39 is 41.3 Å². The number of aliphatic hydroxyl groups excluding tert-OH is 1. The standard InChI is InChI=1S/C23H27N7O7S2/c31-15(32)7-4-8-24-9-10-29-23(26-27-28-29)39-12-14-11-38-21-16(20(35)30(21)17(14)22(36)37)25-19(34)18(33)13-5-2-1-3-6-13/h1-3,5-6,16,18,21,24,33H,4,7-12H2,(H,25,34)(H,31,32)(H,36,37)/t16?,18?,21-/m0/s1. The molecule has 1 aromatic heterocycles. The highest BCUT2D eigenvalue weighted by atomic mass is 32.2. The van der Waals surface area contributed by atoms with Gasteiger partial charge in [-0.2, -0.15) is 0 Å². The number of carbonyl (C=O) groups is 4. The lowest BCUT2D eigenvalue weighted by molar-refractivity contribution is -0.151. The Bertz CT molecular complexity index is 1260. The second-order valence-corrected chi connectivity index (χ2v) is 10.7. The van der Waals surface area contributed by atoms with Crippen molar-refractivity contribution in [2.45, 2.75) is 42.1 Å². The van der Waals surface area contributed by atoms with Crippen LogP contribution in [0.1, 0.15) is 24.5 Å². The van der Waals surface area contributed by atoms with Gasteiger partial charge < -0.3 is 26.0 Å². The average molecular weight is 578 g/mol. The second kappa shape index (κ2) is 13.1. The van der Waals surface area contributed by atoms with Crippen LogP contribution in [0.2, 0.25) is 0 Å². The summed E-state index contributed by atoms with van der Waals surface area (Å²) in [6.45, 7) is 1.50. The van der Waals surface area contributed by atoms with Gasteiger partial charge in [0.2, 0.25) is 5.16 Å². The lowest BCUT2D eigenvalue weighted by Gasteiger charge is -2.49. The monoisotopic (exact) mass is 577 g/mol. The normalized spacial score (nSPS) is 19.3. The third kappa shape index (κ3) is 6.76. The summed E-state index contributed by atoms with van der Waals surface area (Å²) in [6, 6.07) is 7.37. The van der Waals surface area contributed by atoms with Crippen molar-refractivity contribution in [3.8, 4) is 0 Å². The third-order valence-electron chi connectivity index (χ3n) is 6.03. The summed E-state index contributed by atoms with van der Waals surface area (Å²) < 4.78 is 1.56. The minimum atomic E-state index is -1.45. The summed E-state index contributed by atoms with van der Waals surface area (Å²) in [4.78, 5) is 49.3. The molecule has 0 spiro atoms. The highest BCUT2D eigenvalue weighted by Crippen LogP contribution is 2.41. The summed E-state index contributed by atoms with van der Waals surface area (Å²) in [7, 11) is 0. The number of β-lactam (4-membered cyclic amide) rings is 1. The molecule has 2 amide bonds. The van der Waals surface area contributed by atoms with Crippen LogP contribution in [0, 0.1) is 0 Å². The highest BCUT2D eigenvalue weighted by Gasteiger charge is 2.54. The number of tetrazole rings is 1. The number of nitrogens with one attached hydrogen (secondary N) is 2. The van der Waals surface area contributed by atoms with Gasteiger partial charge in [-0.25, -0.2) is 9.48 Å². The van der Waals surface area contributed by atoms with Gasteiger partial charge in [0.05, 0.1) is 6.54 Å². The number of aliphatic hydroxyl groups is 1. The second-order valence-electron chi connectivity index (χ2n) is 8.69. The van der Waals surface area contributed by atoms with Crippen molar-refractivity contribution < 1.29 is 34.5 Å². The van der Waals surface area contributed by atoms with Crippen LogP contribution < -0.4 is 10.6 Å². The van der Waals surface area contributed by atoms with Gasteiger partial charge in [0, 0.05) is 24.5 Å². The Morgan fingerprint density at radius 1 is 1.18 bits per heavy atom. The first-order valence-electron chi connectivity index (χ1n) is 12.0. The first-order chi connectivity index (χ1) is 18.8. The van der Waals surface area contributed by atoms with Gasteiger partial charge in [-0.1, -0.05) is 42.1 Å². The maximum absolute atomic E-state index is 12.9. The molecule has 3 heterocycles. The molecule has 2 unspecified atom stereocenters. The van der Waals surface area contributed by atoms with Crippen LogP contribution in [0.3, 0.4) is 0 Å². The number of carboxylic acids is 2. The molecule has 2 aliphatic rings. The van der Waals surface area contributed by atoms with Crippen molar-refractivity contribution in [1.82, 2.24) is 35.7 Å². The van der Waals surface area contributed by atoms with E-state index in [2.05, 4.69) is 26.2 Å². The SMILES string of the molecule is O=C(O)CCCNCCn1nnnc1SCC1=C(C(=O)O)N2C(=O)C(NC(=O)C(O)c3ccccc3)[C@@H]2SC1. The van der Waals surface area contributed by atoms with Crippen LogP contribution in [0.5, 0.6) is 0 Å². The average Bonchev–Trinajstić information content (AvgIpc) is 3.38. The molecule has 0 bridgehead atoms. The fourth-order valence-corrected chi connectivity index (χ4v) is 6.47. The summed E-state index contributed by atoms with van der Waals surface area (Å²) in [5.74, 6) is -2.82. The lowest BCUT2D eigenvalue weighted by Crippen LogP contribution is -2.70. The molecule has 0 aliphatic carbocycles. The predicted molar refractivity (Wildman–Crippen MR) is 139 cm³/mol. The number of thioether (sulfide) groups is 2. The summed E-state index contributed by atoms with van der Waals surface area (Å²) in [6.07, 6.45) is -0.861. The number of amides is 2. The van der Waals surface area contributed by atoms with Crippen LogP contribution in [0.25, 0.3) is 0 Å². The molecule has 208 valence electrons. The maximum atomic E-state index is 12.9. The number of carboxylic acid groups (broad SMARTS) is 2. The van der Waals surface area contributed by atoms with E-state index in [4.69, 9.17) is 5.11 Å². The third-order valence-corrected chi connectivity index (χ3v) is 8.41. The number of nitrogens with zero attached hydrogens (tertiary/aromatic N) is 5. The van der Waals surface area contributed by atoms with Crippen LogP contribution in [-0.4, -0.2) is 100 Å². The fraction of sp³-hybridized carbons (Fsp3) is 0.435. The van der Waals surface area contributed by atoms with Gasteiger partial charge in [-0.05, 0) is 34.5 Å². The van der Waals surface area contributed by atoms with E-state index in [-0.39, 0.29) is 17.9 Å². The molecule has 3 atom stereocenters. The number of benzene rings is 1. The number of rotatable bonds is 14. The zero-order valence-electron chi connectivity index (χ0n) is 20.6. The van der Waals surface area contributed by atoms with E-state index in [1.807, 2.05) is 0 Å². The molecule has 39 heavy (non-hydrogen) atoms. The number of fused-ring (bicyclic) bond motifs is 1. The van der Waals surface area contributed by atoms with E-state index in [0.29, 0.717) is 48.1 Å². The van der Waals surface area contributed by atoms with Gasteiger partial charge in [-0.3, -0.25) is 19.3 Å². The van der Waals surface area contributed by atoms with E-state index >= 15 is 0 Å². The predicted octanol–water partition coefficient (Wildman–Crippen LogP) is -0.308. The van der Waals surface area contributed by atoms with Crippen molar-refractivity contribution in [2.75, 3.05) is 24.6 Å². The largest absolute Gasteiger partial charge is 0.481 e. The van der Waals surface area contributed by atoms with E-state index in [1.54, 1.807) is 35.0 Å². The van der Waals surface area contributed by atoms with Crippen molar-refractivity contribution in [1.29, 1.82) is 0 Å². The van der Waals surface area contributed by atoms with Crippen molar-refractivity contribution in [2.24, 2.45) is 0 Å². The van der Waals surface area contributed by atoms with Crippen LogP contribution >= 0.6 is 23.5 Å². The van der Waals surface area contributed by atoms with Crippen LogP contribution in [0.15, 0.2) is 46.8 Å². The molecule has 2 aliphatic heterocycles. The quantitative estimate of drug-likeness (QED) is 0.111. The zero-order chi connectivity index (χ0) is 27.9. The molecule has 16 heteroatoms. The summed E-state index contributed by atoms with van der Waals surface area (Å²) in [5, 5.41) is 46.1. The van der Waals surface area contributed by atoms with E-state index in [1.165, 1.54) is 28.4 Å². The fourth-order valence-electron chi connectivity index (χ4n) is 4.08. The molecule has 5 N–H and O–H groups in total. The zero-order valence-corrected chi connectivity index (χ0v) is 22.2. The maximum Gasteiger partial charge on any atom is 0.352 e. The smallest absolute Gasteiger partial charge is 0.352 e. The first-order valence-corrected chi connectivity index (χ1v) is 14.1. The molecular formula is C23H27N7O7S2. The Morgan fingerprint density at radius 3 is 2.67 bits per heavy atom. The molecule has 1 saturated heterocycles. The molecule has 4 rings (SSSR count). The van der Waals surface area contributed by atoms with Crippen LogP contribution in [0.4, 0.5) is 0 Å². The molecule has 14 nitrogen and oxygen atoms in total. The number of hydrogen-bond acceptors (Lipinski definition) is 11. The molecule has 0 saturated carbocycles. The summed E-state index contributed by atoms with van der Waals surface area (Å²) >= 11 is 2.57. The minimum absolute atomic E-state index is 0.0845. The van der Waals surface area contributed by atoms with Crippen LogP contribution in [-0.2, 0) is 25.7 Å². The van der Waals surface area contributed by atoms with Gasteiger partial charge in [-0.15, -0.1) is 16.9 Å². The molecule has 2 aromatic rings. The topological polar surface area (TPSA) is 200 Å². The molecular weight excluding hydrogens is 550 g/mol.